The largest absolute Gasteiger partial charge is 0.486 e. The van der Waals surface area contributed by atoms with Gasteiger partial charge < -0.3 is 14.4 Å². The summed E-state index contributed by atoms with van der Waals surface area (Å²) in [7, 11) is 1.80. The summed E-state index contributed by atoms with van der Waals surface area (Å²) in [6.07, 6.45) is 1.56. The molecule has 0 bridgehead atoms. The van der Waals surface area contributed by atoms with Crippen LogP contribution in [-0.4, -0.2) is 51.3 Å². The Bertz CT molecular complexity index is 956. The van der Waals surface area contributed by atoms with Gasteiger partial charge in [-0.25, -0.2) is 4.68 Å². The minimum atomic E-state index is -0.107. The summed E-state index contributed by atoms with van der Waals surface area (Å²) in [5.74, 6) is 1.43. The van der Waals surface area contributed by atoms with E-state index < -0.39 is 0 Å². The van der Waals surface area contributed by atoms with E-state index in [1.54, 1.807) is 23.0 Å². The van der Waals surface area contributed by atoms with Crippen LogP contribution >= 0.6 is 0 Å². The maximum absolute atomic E-state index is 12.9. The molecule has 2 heterocycles. The highest BCUT2D eigenvalue weighted by molar-refractivity contribution is 5.94. The first kappa shape index (κ1) is 18.0. The van der Waals surface area contributed by atoms with Gasteiger partial charge in [-0.2, -0.15) is 0 Å². The van der Waals surface area contributed by atoms with E-state index in [1.165, 1.54) is 0 Å². The zero-order chi connectivity index (χ0) is 19.5. The van der Waals surface area contributed by atoms with Crippen LogP contribution in [0.25, 0.3) is 0 Å². The van der Waals surface area contributed by atoms with Crippen molar-refractivity contribution in [2.45, 2.75) is 19.5 Å². The Labute approximate surface area is 162 Å². The van der Waals surface area contributed by atoms with Crippen molar-refractivity contribution < 1.29 is 14.3 Å². The summed E-state index contributed by atoms with van der Waals surface area (Å²) in [6.45, 7) is 3.65. The van der Waals surface area contributed by atoms with Crippen molar-refractivity contribution in [2.24, 2.45) is 0 Å². The number of carbonyl (C=O) groups excluding carboxylic acids is 1. The molecule has 28 heavy (non-hydrogen) atoms. The quantitative estimate of drug-likeness (QED) is 0.677. The molecule has 8 nitrogen and oxygen atoms in total. The number of carbonyl (C=O) groups is 1. The maximum Gasteiger partial charge on any atom is 0.254 e. The van der Waals surface area contributed by atoms with Crippen LogP contribution in [0.5, 0.6) is 11.5 Å². The van der Waals surface area contributed by atoms with Crippen LogP contribution < -0.4 is 9.47 Å². The van der Waals surface area contributed by atoms with Gasteiger partial charge in [0.05, 0.1) is 12.6 Å². The summed E-state index contributed by atoms with van der Waals surface area (Å²) in [6, 6.07) is 13.2. The highest BCUT2D eigenvalue weighted by Gasteiger charge is 2.21. The van der Waals surface area contributed by atoms with Gasteiger partial charge in [0.1, 0.15) is 19.5 Å². The molecule has 0 saturated carbocycles. The van der Waals surface area contributed by atoms with E-state index in [2.05, 4.69) is 15.5 Å². The summed E-state index contributed by atoms with van der Waals surface area (Å²) in [4.78, 5) is 14.6. The lowest BCUT2D eigenvalue weighted by molar-refractivity contribution is 0.0742. The van der Waals surface area contributed by atoms with Crippen LogP contribution in [0.4, 0.5) is 0 Å². The Kier molecular flexibility index (Phi) is 4.92. The molecule has 1 aliphatic heterocycles. The summed E-state index contributed by atoms with van der Waals surface area (Å²) >= 11 is 0. The van der Waals surface area contributed by atoms with E-state index in [1.807, 2.05) is 49.4 Å². The standard InChI is InChI=1S/C20H21N5O3/c1-14(17-7-8-18-19(11-17)28-10-9-27-18)24(2)20(26)16-5-3-15(4-6-16)12-25-13-21-22-23-25/h3-8,11,13-14H,9-10,12H2,1-2H3. The molecule has 1 amide bonds. The van der Waals surface area contributed by atoms with E-state index in [9.17, 15) is 4.79 Å². The van der Waals surface area contributed by atoms with Gasteiger partial charge >= 0.3 is 0 Å². The van der Waals surface area contributed by atoms with Gasteiger partial charge in [-0.1, -0.05) is 18.2 Å². The summed E-state index contributed by atoms with van der Waals surface area (Å²) in [5.41, 5.74) is 2.65. The number of aromatic nitrogens is 4. The van der Waals surface area contributed by atoms with Crippen molar-refractivity contribution in [2.75, 3.05) is 20.3 Å². The van der Waals surface area contributed by atoms with E-state index in [0.29, 0.717) is 25.3 Å². The smallest absolute Gasteiger partial charge is 0.254 e. The minimum absolute atomic E-state index is 0.0450. The minimum Gasteiger partial charge on any atom is -0.486 e. The van der Waals surface area contributed by atoms with Crippen LogP contribution in [0.15, 0.2) is 48.8 Å². The van der Waals surface area contributed by atoms with Crippen molar-refractivity contribution in [3.8, 4) is 11.5 Å². The molecule has 0 saturated heterocycles. The van der Waals surface area contributed by atoms with Crippen LogP contribution in [0.2, 0.25) is 0 Å². The lowest BCUT2D eigenvalue weighted by atomic mass is 10.0. The maximum atomic E-state index is 12.9. The molecule has 0 spiro atoms. The van der Waals surface area contributed by atoms with Gasteiger partial charge in [0.15, 0.2) is 11.5 Å². The van der Waals surface area contributed by atoms with Crippen molar-refractivity contribution in [3.05, 3.63) is 65.5 Å². The number of tetrazole rings is 1. The molecule has 1 aliphatic rings. The molecule has 2 aromatic carbocycles. The number of benzene rings is 2. The van der Waals surface area contributed by atoms with Crippen LogP contribution in [0, 0.1) is 0 Å². The predicted octanol–water partition coefficient (Wildman–Crippen LogP) is 2.33. The number of nitrogens with zero attached hydrogens (tertiary/aromatic N) is 5. The average Bonchev–Trinajstić information content (AvgIpc) is 3.25. The SMILES string of the molecule is CC(c1ccc2c(c1)OCCO2)N(C)C(=O)c1ccc(Cn2cnnn2)cc1. The molecule has 0 N–H and O–H groups in total. The number of amides is 1. The van der Waals surface area contributed by atoms with Crippen molar-refractivity contribution in [3.63, 3.8) is 0 Å². The normalized spacial score (nSPS) is 13.8. The van der Waals surface area contributed by atoms with Gasteiger partial charge in [0, 0.05) is 12.6 Å². The van der Waals surface area contributed by atoms with Gasteiger partial charge in [0.2, 0.25) is 0 Å². The molecule has 8 heteroatoms. The third-order valence-corrected chi connectivity index (χ3v) is 4.89. The number of hydrogen-bond acceptors (Lipinski definition) is 6. The molecule has 144 valence electrons. The number of rotatable bonds is 5. The lowest BCUT2D eigenvalue weighted by Crippen LogP contribution is -2.29. The van der Waals surface area contributed by atoms with Crippen molar-refractivity contribution in [1.82, 2.24) is 25.1 Å². The molecule has 1 unspecified atom stereocenters. The highest BCUT2D eigenvalue weighted by atomic mass is 16.6. The summed E-state index contributed by atoms with van der Waals surface area (Å²) < 4.78 is 12.8. The zero-order valence-electron chi connectivity index (χ0n) is 15.8. The second kappa shape index (κ2) is 7.67. The Morgan fingerprint density at radius 2 is 1.89 bits per heavy atom. The van der Waals surface area contributed by atoms with Crippen LogP contribution in [0.1, 0.15) is 34.5 Å². The first-order chi connectivity index (χ1) is 13.6. The van der Waals surface area contributed by atoms with Gasteiger partial charge in [0.25, 0.3) is 5.91 Å². The van der Waals surface area contributed by atoms with Gasteiger partial charge in [-0.15, -0.1) is 5.10 Å². The molecular weight excluding hydrogens is 358 g/mol. The van der Waals surface area contributed by atoms with E-state index in [0.717, 1.165) is 22.6 Å². The third-order valence-electron chi connectivity index (χ3n) is 4.89. The first-order valence-electron chi connectivity index (χ1n) is 9.08. The Morgan fingerprint density at radius 3 is 2.61 bits per heavy atom. The third kappa shape index (κ3) is 3.66. The monoisotopic (exact) mass is 379 g/mol. The first-order valence-corrected chi connectivity index (χ1v) is 9.08. The predicted molar refractivity (Wildman–Crippen MR) is 101 cm³/mol. The molecule has 1 atom stereocenters. The zero-order valence-corrected chi connectivity index (χ0v) is 15.8. The van der Waals surface area contributed by atoms with Crippen molar-refractivity contribution in [1.29, 1.82) is 0 Å². The topological polar surface area (TPSA) is 82.4 Å². The van der Waals surface area contributed by atoms with Gasteiger partial charge in [-0.05, 0) is 52.7 Å². The number of ether oxygens (including phenoxy) is 2. The van der Waals surface area contributed by atoms with Crippen LogP contribution in [0.3, 0.4) is 0 Å². The molecule has 1 aromatic heterocycles. The lowest BCUT2D eigenvalue weighted by Gasteiger charge is -2.27. The Morgan fingerprint density at radius 1 is 1.14 bits per heavy atom. The molecule has 0 radical (unpaired) electrons. The van der Waals surface area contributed by atoms with E-state index >= 15 is 0 Å². The molecule has 4 rings (SSSR count). The number of fused-ring (bicyclic) bond motifs is 1. The number of hydrogen-bond donors (Lipinski definition) is 0. The summed E-state index contributed by atoms with van der Waals surface area (Å²) in [5, 5.41) is 11.1. The highest BCUT2D eigenvalue weighted by Crippen LogP contribution is 2.34. The van der Waals surface area contributed by atoms with Crippen molar-refractivity contribution >= 4 is 5.91 Å². The molecular formula is C20H21N5O3. The molecule has 3 aromatic rings. The van der Waals surface area contributed by atoms with Crippen LogP contribution in [-0.2, 0) is 6.54 Å². The van der Waals surface area contributed by atoms with Gasteiger partial charge in [-0.3, -0.25) is 4.79 Å². The fourth-order valence-electron chi connectivity index (χ4n) is 3.12. The molecule has 0 fully saturated rings. The average molecular weight is 379 g/mol. The second-order valence-corrected chi connectivity index (χ2v) is 6.70. The van der Waals surface area contributed by atoms with E-state index in [4.69, 9.17) is 9.47 Å². The Balaban J connectivity index is 1.46. The fourth-order valence-corrected chi connectivity index (χ4v) is 3.12. The Hall–Kier alpha value is -3.42. The second-order valence-electron chi connectivity index (χ2n) is 6.70. The fraction of sp³-hybridized carbons (Fsp3) is 0.300. The molecule has 0 aliphatic carbocycles. The van der Waals surface area contributed by atoms with E-state index in [-0.39, 0.29) is 11.9 Å².